The molecule has 1 rings (SSSR count). The lowest BCUT2D eigenvalue weighted by Gasteiger charge is -2.27. The first kappa shape index (κ1) is 20.1. The predicted octanol–water partition coefficient (Wildman–Crippen LogP) is 5.64. The van der Waals surface area contributed by atoms with Gasteiger partial charge >= 0.3 is 5.97 Å². The van der Waals surface area contributed by atoms with Crippen molar-refractivity contribution in [3.8, 4) is 0 Å². The van der Waals surface area contributed by atoms with Crippen molar-refractivity contribution in [2.75, 3.05) is 13.7 Å². The molecule has 0 aromatic carbocycles. The molecule has 0 N–H and O–H groups in total. The quantitative estimate of drug-likeness (QED) is 0.265. The molecule has 3 nitrogen and oxygen atoms in total. The van der Waals surface area contributed by atoms with E-state index in [-0.39, 0.29) is 11.9 Å². The van der Waals surface area contributed by atoms with E-state index in [1.807, 2.05) is 0 Å². The van der Waals surface area contributed by atoms with Crippen LogP contribution in [0.1, 0.15) is 84.0 Å². The molecule has 0 unspecified atom stereocenters. The molecule has 1 aliphatic rings. The number of hydrogen-bond donors (Lipinski definition) is 0. The van der Waals surface area contributed by atoms with Crippen LogP contribution in [0.2, 0.25) is 0 Å². The standard InChI is InChI=1S/C20H36O3/c1-4-5-7-11-18-12-14-19(15-13-18)20(21)23-16-9-6-8-10-17(2)22-3/h18-19H,2,4-16H2,1,3H3. The third kappa shape index (κ3) is 9.02. The van der Waals surface area contributed by atoms with Gasteiger partial charge in [0.1, 0.15) is 0 Å². The molecule has 1 saturated carbocycles. The molecular weight excluding hydrogens is 288 g/mol. The Bertz CT molecular complexity index is 330. The fourth-order valence-corrected chi connectivity index (χ4v) is 3.36. The second-order valence-electron chi connectivity index (χ2n) is 6.93. The first-order chi connectivity index (χ1) is 11.2. The van der Waals surface area contributed by atoms with Crippen molar-refractivity contribution in [2.45, 2.75) is 84.0 Å². The second-order valence-corrected chi connectivity index (χ2v) is 6.93. The third-order valence-corrected chi connectivity index (χ3v) is 5.03. The highest BCUT2D eigenvalue weighted by Gasteiger charge is 2.26. The monoisotopic (exact) mass is 324 g/mol. The van der Waals surface area contributed by atoms with E-state index >= 15 is 0 Å². The zero-order valence-corrected chi connectivity index (χ0v) is 15.3. The highest BCUT2D eigenvalue weighted by atomic mass is 16.5. The maximum Gasteiger partial charge on any atom is 0.308 e. The van der Waals surface area contributed by atoms with Crippen molar-refractivity contribution in [1.82, 2.24) is 0 Å². The number of carbonyl (C=O) groups excluding carboxylic acids is 1. The summed E-state index contributed by atoms with van der Waals surface area (Å²) < 4.78 is 10.5. The number of carbonyl (C=O) groups is 1. The van der Waals surface area contributed by atoms with Crippen LogP contribution in [0.4, 0.5) is 0 Å². The summed E-state index contributed by atoms with van der Waals surface area (Å²) in [5, 5.41) is 0. The SMILES string of the molecule is C=C(CCCCCOC(=O)C1CCC(CCCCC)CC1)OC. The molecule has 0 bridgehead atoms. The minimum atomic E-state index is 0.0401. The summed E-state index contributed by atoms with van der Waals surface area (Å²) in [6.45, 7) is 6.62. The Hall–Kier alpha value is -0.990. The van der Waals surface area contributed by atoms with E-state index in [9.17, 15) is 4.79 Å². The molecule has 0 heterocycles. The van der Waals surface area contributed by atoms with Crippen LogP contribution in [0.15, 0.2) is 12.3 Å². The number of ether oxygens (including phenoxy) is 2. The van der Waals surface area contributed by atoms with Crippen LogP contribution < -0.4 is 0 Å². The van der Waals surface area contributed by atoms with Crippen LogP contribution >= 0.6 is 0 Å². The molecule has 1 fully saturated rings. The van der Waals surface area contributed by atoms with E-state index < -0.39 is 0 Å². The van der Waals surface area contributed by atoms with Crippen molar-refractivity contribution in [3.05, 3.63) is 12.3 Å². The summed E-state index contributed by atoms with van der Waals surface area (Å²) in [5.41, 5.74) is 0. The number of allylic oxidation sites excluding steroid dienone is 1. The first-order valence-electron chi connectivity index (χ1n) is 9.55. The second kappa shape index (κ2) is 12.4. The fourth-order valence-electron chi connectivity index (χ4n) is 3.36. The molecule has 134 valence electrons. The lowest BCUT2D eigenvalue weighted by Crippen LogP contribution is -2.24. The van der Waals surface area contributed by atoms with Crippen molar-refractivity contribution in [3.63, 3.8) is 0 Å². The van der Waals surface area contributed by atoms with E-state index in [1.54, 1.807) is 7.11 Å². The van der Waals surface area contributed by atoms with Gasteiger partial charge in [0.25, 0.3) is 0 Å². The molecule has 0 saturated heterocycles. The number of methoxy groups -OCH3 is 1. The molecule has 1 aliphatic carbocycles. The molecule has 0 aliphatic heterocycles. The van der Waals surface area contributed by atoms with Crippen LogP contribution in [0, 0.1) is 11.8 Å². The van der Waals surface area contributed by atoms with E-state index in [2.05, 4.69) is 13.5 Å². The molecule has 0 radical (unpaired) electrons. The maximum atomic E-state index is 12.1. The number of esters is 1. The van der Waals surface area contributed by atoms with Crippen LogP contribution in [0.3, 0.4) is 0 Å². The van der Waals surface area contributed by atoms with Crippen molar-refractivity contribution in [2.24, 2.45) is 11.8 Å². The molecule has 0 atom stereocenters. The largest absolute Gasteiger partial charge is 0.502 e. The van der Waals surface area contributed by atoms with Gasteiger partial charge in [-0.1, -0.05) is 39.2 Å². The van der Waals surface area contributed by atoms with Gasteiger partial charge in [-0.2, -0.15) is 0 Å². The van der Waals surface area contributed by atoms with Crippen molar-refractivity contribution in [1.29, 1.82) is 0 Å². The summed E-state index contributed by atoms with van der Waals surface area (Å²) >= 11 is 0. The summed E-state index contributed by atoms with van der Waals surface area (Å²) in [5.74, 6) is 1.88. The van der Waals surface area contributed by atoms with Gasteiger partial charge in [0, 0.05) is 6.42 Å². The fraction of sp³-hybridized carbons (Fsp3) is 0.850. The van der Waals surface area contributed by atoms with Gasteiger partial charge < -0.3 is 9.47 Å². The third-order valence-electron chi connectivity index (χ3n) is 5.03. The van der Waals surface area contributed by atoms with E-state index in [0.717, 1.165) is 50.2 Å². The van der Waals surface area contributed by atoms with Crippen LogP contribution in [-0.4, -0.2) is 19.7 Å². The first-order valence-corrected chi connectivity index (χ1v) is 9.55. The minimum absolute atomic E-state index is 0.0401. The van der Waals surface area contributed by atoms with E-state index in [0.29, 0.717) is 6.61 Å². The smallest absolute Gasteiger partial charge is 0.308 e. The summed E-state index contributed by atoms with van der Waals surface area (Å²) in [6, 6.07) is 0. The molecule has 0 aromatic heterocycles. The lowest BCUT2D eigenvalue weighted by atomic mass is 9.80. The summed E-state index contributed by atoms with van der Waals surface area (Å²) in [6.07, 6.45) is 13.8. The topological polar surface area (TPSA) is 35.5 Å². The number of rotatable bonds is 12. The molecular formula is C20H36O3. The minimum Gasteiger partial charge on any atom is -0.502 e. The van der Waals surface area contributed by atoms with Crippen molar-refractivity contribution >= 4 is 5.97 Å². The van der Waals surface area contributed by atoms with Gasteiger partial charge in [0.2, 0.25) is 0 Å². The van der Waals surface area contributed by atoms with Gasteiger partial charge in [-0.25, -0.2) is 0 Å². The average Bonchev–Trinajstić information content (AvgIpc) is 2.58. The van der Waals surface area contributed by atoms with Gasteiger partial charge in [0.15, 0.2) is 0 Å². The molecule has 3 heteroatoms. The number of unbranched alkanes of at least 4 members (excludes halogenated alkanes) is 4. The molecule has 0 spiro atoms. The predicted molar refractivity (Wildman–Crippen MR) is 95.2 cm³/mol. The van der Waals surface area contributed by atoms with Crippen LogP contribution in [0.25, 0.3) is 0 Å². The molecule has 23 heavy (non-hydrogen) atoms. The van der Waals surface area contributed by atoms with Gasteiger partial charge in [-0.15, -0.1) is 0 Å². The Morgan fingerprint density at radius 1 is 1.04 bits per heavy atom. The Balaban J connectivity index is 2.02. The Morgan fingerprint density at radius 3 is 2.43 bits per heavy atom. The highest BCUT2D eigenvalue weighted by Crippen LogP contribution is 2.32. The summed E-state index contributed by atoms with van der Waals surface area (Å²) in [7, 11) is 1.66. The lowest BCUT2D eigenvalue weighted by molar-refractivity contribution is -0.150. The molecule has 0 amide bonds. The van der Waals surface area contributed by atoms with E-state index in [4.69, 9.17) is 9.47 Å². The molecule has 0 aromatic rings. The number of hydrogen-bond acceptors (Lipinski definition) is 3. The zero-order chi connectivity index (χ0) is 16.9. The Kier molecular flexibility index (Phi) is 10.8. The normalized spacial score (nSPS) is 21.0. The van der Waals surface area contributed by atoms with Crippen LogP contribution in [0.5, 0.6) is 0 Å². The zero-order valence-electron chi connectivity index (χ0n) is 15.3. The van der Waals surface area contributed by atoms with Crippen LogP contribution in [-0.2, 0) is 14.3 Å². The summed E-state index contributed by atoms with van der Waals surface area (Å²) in [4.78, 5) is 12.1. The Morgan fingerprint density at radius 2 is 1.78 bits per heavy atom. The van der Waals surface area contributed by atoms with Gasteiger partial charge in [0.05, 0.1) is 25.4 Å². The maximum absolute atomic E-state index is 12.1. The highest BCUT2D eigenvalue weighted by molar-refractivity contribution is 5.72. The average molecular weight is 325 g/mol. The van der Waals surface area contributed by atoms with Gasteiger partial charge in [-0.3, -0.25) is 4.79 Å². The Labute approximate surface area is 142 Å². The van der Waals surface area contributed by atoms with Crippen molar-refractivity contribution < 1.29 is 14.3 Å². The van der Waals surface area contributed by atoms with Gasteiger partial charge in [-0.05, 0) is 50.9 Å². The van der Waals surface area contributed by atoms with E-state index in [1.165, 1.54) is 38.5 Å².